The van der Waals surface area contributed by atoms with Gasteiger partial charge in [0.05, 0.1) is 24.0 Å². The third-order valence-electron chi connectivity index (χ3n) is 3.47. The van der Waals surface area contributed by atoms with Crippen molar-refractivity contribution in [3.8, 4) is 11.5 Å². The number of phenols is 1. The minimum Gasteiger partial charge on any atom is -0.548 e. The minimum atomic E-state index is -1.32. The molecule has 8 heteroatoms. The molecule has 1 aliphatic heterocycles. The first-order valence-corrected chi connectivity index (χ1v) is 8.46. The zero-order chi connectivity index (χ0) is 17.9. The third kappa shape index (κ3) is 3.70. The Kier molecular flexibility index (Phi) is 5.84. The predicted molar refractivity (Wildman–Crippen MR) is 93.4 cm³/mol. The van der Waals surface area contributed by atoms with Gasteiger partial charge in [0, 0.05) is 0 Å². The summed E-state index contributed by atoms with van der Waals surface area (Å²) < 4.78 is 5.22. The number of benzene rings is 1. The van der Waals surface area contributed by atoms with Crippen LogP contribution in [0.1, 0.15) is 25.3 Å². The molecule has 0 radical (unpaired) electrons. The van der Waals surface area contributed by atoms with Crippen LogP contribution in [0.3, 0.4) is 0 Å². The van der Waals surface area contributed by atoms with Crippen LogP contribution in [0.25, 0.3) is 6.08 Å². The summed E-state index contributed by atoms with van der Waals surface area (Å²) in [7, 11) is 1.42. The van der Waals surface area contributed by atoms with Crippen molar-refractivity contribution in [3.63, 3.8) is 0 Å². The fraction of sp³-hybridized carbons (Fsp3) is 0.312. The van der Waals surface area contributed by atoms with Crippen LogP contribution in [0.2, 0.25) is 0 Å². The normalized spacial score (nSPS) is 17.4. The fourth-order valence-electron chi connectivity index (χ4n) is 2.31. The number of hydrogen-bond donors (Lipinski definition) is 1. The van der Waals surface area contributed by atoms with Gasteiger partial charge in [-0.2, -0.15) is 0 Å². The van der Waals surface area contributed by atoms with E-state index in [-0.39, 0.29) is 22.2 Å². The number of carboxylic acid groups (broad SMARTS) is 1. The number of hydrogen-bond acceptors (Lipinski definition) is 7. The predicted octanol–water partition coefficient (Wildman–Crippen LogP) is 1.52. The van der Waals surface area contributed by atoms with Crippen LogP contribution in [0.4, 0.5) is 0 Å². The van der Waals surface area contributed by atoms with Gasteiger partial charge in [-0.25, -0.2) is 0 Å². The van der Waals surface area contributed by atoms with Gasteiger partial charge in [0.25, 0.3) is 5.91 Å². The number of rotatable bonds is 6. The molecule has 1 amide bonds. The molecule has 2 rings (SSSR count). The number of thioether (sulfide) groups is 1. The summed E-state index contributed by atoms with van der Waals surface area (Å²) in [5.74, 6) is -1.51. The molecule has 1 fully saturated rings. The lowest BCUT2D eigenvalue weighted by molar-refractivity contribution is -0.310. The number of ether oxygens (including phenoxy) is 1. The first kappa shape index (κ1) is 18.3. The monoisotopic (exact) mass is 366 g/mol. The van der Waals surface area contributed by atoms with E-state index in [9.17, 15) is 19.8 Å². The van der Waals surface area contributed by atoms with E-state index >= 15 is 0 Å². The minimum absolute atomic E-state index is 0.0119. The Morgan fingerprint density at radius 2 is 2.25 bits per heavy atom. The Morgan fingerprint density at radius 3 is 2.83 bits per heavy atom. The van der Waals surface area contributed by atoms with Gasteiger partial charge in [0.2, 0.25) is 0 Å². The standard InChI is InChI=1S/C16H17NO5S2/c1-3-4-10(15(20)21)17-14(19)13(24-16(17)23)8-9-5-6-11(18)12(7-9)22-2/h5-8,10,18H,3-4H2,1-2H3,(H,20,21)/p-1/b13-8-/t10-/m1/s1. The lowest BCUT2D eigenvalue weighted by atomic mass is 10.1. The fourth-order valence-corrected chi connectivity index (χ4v) is 3.67. The number of carbonyl (C=O) groups excluding carboxylic acids is 2. The van der Waals surface area contributed by atoms with Crippen LogP contribution >= 0.6 is 24.0 Å². The van der Waals surface area contributed by atoms with Crippen molar-refractivity contribution in [3.05, 3.63) is 28.7 Å². The van der Waals surface area contributed by atoms with Gasteiger partial charge < -0.3 is 19.7 Å². The highest BCUT2D eigenvalue weighted by Crippen LogP contribution is 2.36. The van der Waals surface area contributed by atoms with Crippen LogP contribution in [0.15, 0.2) is 23.1 Å². The molecule has 1 aliphatic rings. The van der Waals surface area contributed by atoms with Gasteiger partial charge in [0.1, 0.15) is 4.32 Å². The maximum atomic E-state index is 12.5. The molecule has 0 saturated carbocycles. The van der Waals surface area contributed by atoms with E-state index in [0.717, 1.165) is 16.7 Å². The van der Waals surface area contributed by atoms with Gasteiger partial charge >= 0.3 is 0 Å². The molecule has 0 aliphatic carbocycles. The van der Waals surface area contributed by atoms with Crippen molar-refractivity contribution in [1.29, 1.82) is 0 Å². The van der Waals surface area contributed by atoms with Crippen molar-refractivity contribution in [2.75, 3.05) is 7.11 Å². The summed E-state index contributed by atoms with van der Waals surface area (Å²) in [6.07, 6.45) is 2.44. The van der Waals surface area contributed by atoms with Crippen LogP contribution in [0, 0.1) is 0 Å². The number of aromatic hydroxyl groups is 1. The molecule has 24 heavy (non-hydrogen) atoms. The molecular weight excluding hydrogens is 350 g/mol. The quantitative estimate of drug-likeness (QED) is 0.603. The highest BCUT2D eigenvalue weighted by molar-refractivity contribution is 8.26. The average molecular weight is 366 g/mol. The third-order valence-corrected chi connectivity index (χ3v) is 4.80. The Bertz CT molecular complexity index is 716. The number of carbonyl (C=O) groups is 2. The van der Waals surface area contributed by atoms with Crippen LogP contribution in [-0.2, 0) is 9.59 Å². The van der Waals surface area contributed by atoms with E-state index in [0.29, 0.717) is 16.9 Å². The molecule has 0 spiro atoms. The lowest BCUT2D eigenvalue weighted by Crippen LogP contribution is -2.49. The highest BCUT2D eigenvalue weighted by atomic mass is 32.2. The van der Waals surface area contributed by atoms with Crippen molar-refractivity contribution in [2.45, 2.75) is 25.8 Å². The summed E-state index contributed by atoms with van der Waals surface area (Å²) in [5.41, 5.74) is 0.630. The van der Waals surface area contributed by atoms with Gasteiger partial charge in [-0.1, -0.05) is 43.4 Å². The Morgan fingerprint density at radius 1 is 1.54 bits per heavy atom. The molecule has 1 saturated heterocycles. The van der Waals surface area contributed by atoms with E-state index in [1.54, 1.807) is 18.2 Å². The average Bonchev–Trinajstić information content (AvgIpc) is 2.81. The summed E-state index contributed by atoms with van der Waals surface area (Å²) in [6, 6.07) is 3.58. The first-order chi connectivity index (χ1) is 11.4. The van der Waals surface area contributed by atoms with Gasteiger partial charge in [0.15, 0.2) is 11.5 Å². The molecule has 0 aromatic heterocycles. The van der Waals surface area contributed by atoms with Gasteiger partial charge in [-0.05, 0) is 30.2 Å². The second kappa shape index (κ2) is 7.67. The number of amides is 1. The van der Waals surface area contributed by atoms with Crippen LogP contribution < -0.4 is 9.84 Å². The van der Waals surface area contributed by atoms with E-state index in [2.05, 4.69) is 0 Å². The molecule has 0 unspecified atom stereocenters. The molecule has 1 atom stereocenters. The molecule has 1 N–H and O–H groups in total. The molecule has 1 aromatic rings. The summed E-state index contributed by atoms with van der Waals surface area (Å²) in [4.78, 5) is 25.3. The number of phenolic OH excluding ortho intramolecular Hbond substituents is 1. The topological polar surface area (TPSA) is 89.9 Å². The maximum Gasteiger partial charge on any atom is 0.266 e. The zero-order valence-corrected chi connectivity index (χ0v) is 14.8. The van der Waals surface area contributed by atoms with Crippen molar-refractivity contribution in [1.82, 2.24) is 4.90 Å². The number of thiocarbonyl (C=S) groups is 1. The van der Waals surface area contributed by atoms with Crippen molar-refractivity contribution < 1.29 is 24.5 Å². The Hall–Kier alpha value is -2.06. The summed E-state index contributed by atoms with van der Waals surface area (Å²) >= 11 is 6.20. The zero-order valence-electron chi connectivity index (χ0n) is 13.1. The number of aliphatic carboxylic acids is 1. The van der Waals surface area contributed by atoms with Crippen LogP contribution in [-0.4, -0.2) is 39.4 Å². The largest absolute Gasteiger partial charge is 0.548 e. The van der Waals surface area contributed by atoms with E-state index in [1.165, 1.54) is 13.2 Å². The van der Waals surface area contributed by atoms with E-state index in [4.69, 9.17) is 17.0 Å². The van der Waals surface area contributed by atoms with E-state index in [1.807, 2.05) is 6.92 Å². The second-order valence-electron chi connectivity index (χ2n) is 5.11. The van der Waals surface area contributed by atoms with Crippen molar-refractivity contribution >= 4 is 46.3 Å². The maximum absolute atomic E-state index is 12.5. The molecule has 128 valence electrons. The molecular formula is C16H16NO5S2-. The number of nitrogens with zero attached hydrogens (tertiary/aromatic N) is 1. The first-order valence-electron chi connectivity index (χ1n) is 7.24. The second-order valence-corrected chi connectivity index (χ2v) is 6.78. The Balaban J connectivity index is 2.32. The van der Waals surface area contributed by atoms with Crippen LogP contribution in [0.5, 0.6) is 11.5 Å². The smallest absolute Gasteiger partial charge is 0.266 e. The Labute approximate surface area is 149 Å². The lowest BCUT2D eigenvalue weighted by Gasteiger charge is -2.27. The van der Waals surface area contributed by atoms with Gasteiger partial charge in [-0.3, -0.25) is 9.69 Å². The molecule has 6 nitrogen and oxygen atoms in total. The van der Waals surface area contributed by atoms with Crippen molar-refractivity contribution in [2.24, 2.45) is 0 Å². The molecule has 1 heterocycles. The molecule has 0 bridgehead atoms. The summed E-state index contributed by atoms with van der Waals surface area (Å²) in [6.45, 7) is 1.83. The van der Waals surface area contributed by atoms with E-state index < -0.39 is 17.9 Å². The number of carboxylic acids is 1. The molecule has 1 aromatic carbocycles. The van der Waals surface area contributed by atoms with Gasteiger partial charge in [-0.15, -0.1) is 0 Å². The summed E-state index contributed by atoms with van der Waals surface area (Å²) in [5, 5.41) is 20.9. The number of methoxy groups -OCH3 is 1. The highest BCUT2D eigenvalue weighted by Gasteiger charge is 2.37. The SMILES string of the molecule is CCC[C@H](C(=O)[O-])N1C(=O)/C(=C/c2ccc(O)c(OC)c2)SC1=S.